The minimum absolute atomic E-state index is 0.264. The zero-order chi connectivity index (χ0) is 32.7. The number of aliphatic hydroxyl groups is 3. The van der Waals surface area contributed by atoms with Crippen molar-refractivity contribution in [3.8, 4) is 0 Å². The summed E-state index contributed by atoms with van der Waals surface area (Å²) in [7, 11) is 0. The fourth-order valence-electron chi connectivity index (χ4n) is 13.2. The molecule has 8 aliphatic rings. The Hall–Kier alpha value is -2.12. The number of rotatable bonds is 2. The first-order valence-electron chi connectivity index (χ1n) is 16.4. The molecule has 5 aliphatic carbocycles. The first-order valence-corrected chi connectivity index (χ1v) is 16.4. The molecule has 8 fully saturated rings. The Bertz CT molecular complexity index is 1430. The fraction of sp³-hybridized carbons (Fsp3) is 0.879. The van der Waals surface area contributed by atoms with Crippen LogP contribution in [0.3, 0.4) is 0 Å². The second kappa shape index (κ2) is 8.47. The van der Waals surface area contributed by atoms with Crippen molar-refractivity contribution in [2.75, 3.05) is 0 Å². The first-order chi connectivity index (χ1) is 20.8. The number of ether oxygens (including phenoxy) is 5. The topological polar surface area (TPSA) is 182 Å². The molecule has 3 N–H and O–H groups in total. The lowest BCUT2D eigenvalue weighted by Gasteiger charge is -2.65. The van der Waals surface area contributed by atoms with Crippen LogP contribution in [0.15, 0.2) is 0 Å². The average Bonchev–Trinajstić information content (AvgIpc) is 3.84. The molecule has 0 bridgehead atoms. The van der Waals surface area contributed by atoms with E-state index < -0.39 is 124 Å². The SMILES string of the molecule is CC(=O)O[C@H]1[C@H]2O[C@H]2C[C@@H]2C(=O)C(O)C3C(C(C)[C@H](OC(C)=O)[C@]4(C)[C@H]5[C@H](C)[C@H]6O[C@]67OC(=O)[C@@](C)(O)[C@]7(C)[C@@H]5[C@H](O)[C@@H]34)[C@]21C. The van der Waals surface area contributed by atoms with E-state index in [1.807, 2.05) is 27.7 Å². The largest absolute Gasteiger partial charge is 0.462 e. The summed E-state index contributed by atoms with van der Waals surface area (Å²) in [5.74, 6) is -8.50. The van der Waals surface area contributed by atoms with Crippen LogP contribution in [0.25, 0.3) is 0 Å². The molecule has 0 amide bonds. The van der Waals surface area contributed by atoms with Gasteiger partial charge in [-0.05, 0) is 43.9 Å². The van der Waals surface area contributed by atoms with Gasteiger partial charge in [-0.2, -0.15) is 0 Å². The third kappa shape index (κ3) is 3.05. The summed E-state index contributed by atoms with van der Waals surface area (Å²) < 4.78 is 30.1. The number of hydrogen-bond acceptors (Lipinski definition) is 12. The summed E-state index contributed by atoms with van der Waals surface area (Å²) in [5, 5.41) is 36.5. The minimum Gasteiger partial charge on any atom is -0.462 e. The molecule has 5 saturated carbocycles. The predicted molar refractivity (Wildman–Crippen MR) is 149 cm³/mol. The van der Waals surface area contributed by atoms with Gasteiger partial charge in [0.1, 0.15) is 30.5 Å². The number of ketones is 1. The quantitative estimate of drug-likeness (QED) is 0.221. The summed E-state index contributed by atoms with van der Waals surface area (Å²) in [6.45, 7) is 13.5. The van der Waals surface area contributed by atoms with Crippen LogP contribution in [-0.4, -0.2) is 93.1 Å². The van der Waals surface area contributed by atoms with Crippen molar-refractivity contribution < 1.29 is 58.2 Å². The van der Waals surface area contributed by atoms with Crippen LogP contribution >= 0.6 is 0 Å². The molecule has 12 nitrogen and oxygen atoms in total. The van der Waals surface area contributed by atoms with Crippen LogP contribution in [0.1, 0.15) is 61.8 Å². The molecule has 0 aromatic rings. The Morgan fingerprint density at radius 1 is 0.867 bits per heavy atom. The number of epoxide rings is 2. The average molecular weight is 633 g/mol. The third-order valence-electron chi connectivity index (χ3n) is 14.8. The number of esters is 3. The predicted octanol–water partition coefficient (Wildman–Crippen LogP) is 0.757. The molecule has 45 heavy (non-hydrogen) atoms. The van der Waals surface area contributed by atoms with Gasteiger partial charge in [0.2, 0.25) is 5.79 Å². The lowest BCUT2D eigenvalue weighted by atomic mass is 9.39. The van der Waals surface area contributed by atoms with Gasteiger partial charge in [0.25, 0.3) is 0 Å². The molecule has 4 unspecified atom stereocenters. The van der Waals surface area contributed by atoms with Gasteiger partial charge in [-0.3, -0.25) is 14.4 Å². The van der Waals surface area contributed by atoms with Gasteiger partial charge >= 0.3 is 17.9 Å². The van der Waals surface area contributed by atoms with Gasteiger partial charge in [-0.25, -0.2) is 4.79 Å². The molecule has 20 atom stereocenters. The van der Waals surface area contributed by atoms with Gasteiger partial charge in [0.15, 0.2) is 11.4 Å². The van der Waals surface area contributed by atoms with E-state index in [4.69, 9.17) is 23.7 Å². The van der Waals surface area contributed by atoms with Crippen molar-refractivity contribution in [3.05, 3.63) is 0 Å². The van der Waals surface area contributed by atoms with E-state index in [1.54, 1.807) is 6.92 Å². The fourth-order valence-corrected chi connectivity index (χ4v) is 13.2. The smallest absolute Gasteiger partial charge is 0.341 e. The number of carbonyl (C=O) groups excluding carboxylic acids is 4. The maximum absolute atomic E-state index is 14.3. The second-order valence-corrected chi connectivity index (χ2v) is 16.3. The molecule has 1 spiro atoms. The number of carbonyl (C=O) groups is 4. The van der Waals surface area contributed by atoms with Gasteiger partial charge in [-0.15, -0.1) is 0 Å². The maximum Gasteiger partial charge on any atom is 0.341 e. The van der Waals surface area contributed by atoms with E-state index in [0.717, 1.165) is 0 Å². The van der Waals surface area contributed by atoms with Crippen molar-refractivity contribution in [2.45, 2.75) is 116 Å². The molecule has 0 radical (unpaired) electrons. The van der Waals surface area contributed by atoms with Crippen LogP contribution < -0.4 is 0 Å². The minimum atomic E-state index is -2.02. The lowest BCUT2D eigenvalue weighted by Crippen LogP contribution is -2.72. The molecule has 0 aromatic carbocycles. The molecule has 3 heterocycles. The Labute approximate surface area is 261 Å². The molecule has 3 aliphatic heterocycles. The standard InChI is InChI=1S/C33H44O12/c1-10-17-16(22(37)21(36)14-9-15-24(43-15)27(29(14,17)5)42-13(4)35)19-23(38)20-18(30(19,6)25(10)41-12(3)34)11(2)26-33(44-26)31(20,7)32(8,40)28(39)45-33/h10-11,14-20,22-27,37-38,40H,9H2,1-8H3/t10?,11-,14+,15-,16?,17?,18-,19+,20-,22?,23+,24-,25-,26+,27-,29-,30+,31-,32+,33-/m0/s1. The number of fused-ring (bicyclic) bond motifs is 9. The Balaban J connectivity index is 1.34. The molecule has 3 saturated heterocycles. The second-order valence-electron chi connectivity index (χ2n) is 16.3. The van der Waals surface area contributed by atoms with Crippen LogP contribution in [0, 0.1) is 63.6 Å². The van der Waals surface area contributed by atoms with Crippen LogP contribution in [0.2, 0.25) is 0 Å². The number of Topliss-reactive ketones (excluding diaryl/α,β-unsaturated/α-hetero) is 1. The summed E-state index contributed by atoms with van der Waals surface area (Å²) in [4.78, 5) is 52.8. The molecule has 12 heteroatoms. The van der Waals surface area contributed by atoms with Crippen molar-refractivity contribution in [2.24, 2.45) is 63.6 Å². The van der Waals surface area contributed by atoms with Gasteiger partial charge in [-0.1, -0.05) is 27.7 Å². The van der Waals surface area contributed by atoms with E-state index in [9.17, 15) is 34.5 Å². The highest BCUT2D eigenvalue weighted by Crippen LogP contribution is 2.81. The zero-order valence-corrected chi connectivity index (χ0v) is 26.9. The number of hydrogen-bond donors (Lipinski definition) is 3. The van der Waals surface area contributed by atoms with E-state index in [-0.39, 0.29) is 17.8 Å². The van der Waals surface area contributed by atoms with E-state index in [2.05, 4.69) is 0 Å². The Morgan fingerprint density at radius 3 is 2.11 bits per heavy atom. The van der Waals surface area contributed by atoms with Crippen LogP contribution in [0.4, 0.5) is 0 Å². The van der Waals surface area contributed by atoms with E-state index in [1.165, 1.54) is 20.8 Å². The molecule has 0 aromatic heterocycles. The molecule has 8 rings (SSSR count). The number of aliphatic hydroxyl groups excluding tert-OH is 2. The molecule has 248 valence electrons. The molecular formula is C33H44O12. The highest BCUT2D eigenvalue weighted by Gasteiger charge is 2.92. The van der Waals surface area contributed by atoms with Gasteiger partial charge in [0.05, 0.1) is 17.6 Å². The third-order valence-corrected chi connectivity index (χ3v) is 14.8. The maximum atomic E-state index is 14.3. The van der Waals surface area contributed by atoms with Crippen LogP contribution in [0.5, 0.6) is 0 Å². The highest BCUT2D eigenvalue weighted by molar-refractivity contribution is 5.88. The van der Waals surface area contributed by atoms with Crippen molar-refractivity contribution >= 4 is 23.7 Å². The zero-order valence-electron chi connectivity index (χ0n) is 26.9. The summed E-state index contributed by atoms with van der Waals surface area (Å²) in [6, 6.07) is 0. The summed E-state index contributed by atoms with van der Waals surface area (Å²) in [5.41, 5.74) is -5.43. The lowest BCUT2D eigenvalue weighted by molar-refractivity contribution is -0.252. The summed E-state index contributed by atoms with van der Waals surface area (Å²) >= 11 is 0. The van der Waals surface area contributed by atoms with Crippen molar-refractivity contribution in [1.82, 2.24) is 0 Å². The highest BCUT2D eigenvalue weighted by atomic mass is 16.8. The van der Waals surface area contributed by atoms with E-state index in [0.29, 0.717) is 6.42 Å². The van der Waals surface area contributed by atoms with Crippen molar-refractivity contribution in [1.29, 1.82) is 0 Å². The normalized spacial score (nSPS) is 63.0. The Kier molecular flexibility index (Phi) is 5.69. The van der Waals surface area contributed by atoms with Crippen molar-refractivity contribution in [3.63, 3.8) is 0 Å². The monoisotopic (exact) mass is 632 g/mol. The van der Waals surface area contributed by atoms with Crippen LogP contribution in [-0.2, 0) is 42.9 Å². The van der Waals surface area contributed by atoms with Gasteiger partial charge < -0.3 is 39.0 Å². The summed E-state index contributed by atoms with van der Waals surface area (Å²) in [6.07, 6.45) is -5.14. The molecular weight excluding hydrogens is 588 g/mol. The first kappa shape index (κ1) is 30.2. The van der Waals surface area contributed by atoms with Gasteiger partial charge in [0, 0.05) is 48.3 Å². The van der Waals surface area contributed by atoms with E-state index >= 15 is 0 Å². The Morgan fingerprint density at radius 2 is 1.49 bits per heavy atom.